The van der Waals surface area contributed by atoms with Crippen molar-refractivity contribution < 1.29 is 23.7 Å². The Hall–Kier alpha value is -3.32. The highest BCUT2D eigenvalue weighted by Gasteiger charge is 2.41. The predicted octanol–water partition coefficient (Wildman–Crippen LogP) is 6.75. The lowest BCUT2D eigenvalue weighted by atomic mass is 10.0. The van der Waals surface area contributed by atoms with E-state index in [2.05, 4.69) is 60.7 Å². The molecule has 5 heteroatoms. The third-order valence-corrected chi connectivity index (χ3v) is 7.01. The molecule has 4 atom stereocenters. The largest absolute Gasteiger partial charge is 0.374 e. The van der Waals surface area contributed by atoms with Crippen LogP contribution in [0.3, 0.4) is 0 Å². The molecule has 0 aliphatic carbocycles. The van der Waals surface area contributed by atoms with Gasteiger partial charge in [-0.1, -0.05) is 121 Å². The second kappa shape index (κ2) is 15.5. The molecular weight excluding hydrogens is 500 g/mol. The first kappa shape index (κ1) is 28.2. The van der Waals surface area contributed by atoms with Gasteiger partial charge < -0.3 is 23.7 Å². The van der Waals surface area contributed by atoms with E-state index in [0.717, 1.165) is 23.1 Å². The van der Waals surface area contributed by atoms with E-state index in [1.54, 1.807) is 0 Å². The van der Waals surface area contributed by atoms with Gasteiger partial charge in [0.1, 0.15) is 12.2 Å². The SMILES string of the molecule is c1ccc(CCO[C@@H]2C[C@@H](OCc3ccccc3)[C@@H](OCc3ccccc3)[C@@H](COCc3ccccc3)O2)cc1. The molecule has 5 rings (SSSR count). The number of benzene rings is 4. The Labute approximate surface area is 237 Å². The predicted molar refractivity (Wildman–Crippen MR) is 156 cm³/mol. The summed E-state index contributed by atoms with van der Waals surface area (Å²) in [4.78, 5) is 0. The summed E-state index contributed by atoms with van der Waals surface area (Å²) >= 11 is 0. The molecule has 0 spiro atoms. The minimum atomic E-state index is -0.411. The molecule has 40 heavy (non-hydrogen) atoms. The molecule has 1 heterocycles. The Bertz CT molecular complexity index is 1220. The Morgan fingerprint density at radius 3 is 1.62 bits per heavy atom. The van der Waals surface area contributed by atoms with Crippen molar-refractivity contribution in [2.45, 2.75) is 57.3 Å². The second-order valence-corrected chi connectivity index (χ2v) is 10.0. The van der Waals surface area contributed by atoms with E-state index in [1.165, 1.54) is 5.56 Å². The van der Waals surface area contributed by atoms with Crippen LogP contribution in [-0.2, 0) is 49.9 Å². The lowest BCUT2D eigenvalue weighted by Gasteiger charge is -2.41. The summed E-state index contributed by atoms with van der Waals surface area (Å²) in [6, 6.07) is 41.0. The van der Waals surface area contributed by atoms with E-state index in [4.69, 9.17) is 23.7 Å². The summed E-state index contributed by atoms with van der Waals surface area (Å²) in [5.74, 6) is 0. The summed E-state index contributed by atoms with van der Waals surface area (Å²) in [6.07, 6.45) is 0.115. The summed E-state index contributed by atoms with van der Waals surface area (Å²) in [5, 5.41) is 0. The molecule has 0 aromatic heterocycles. The smallest absolute Gasteiger partial charge is 0.160 e. The molecule has 4 aromatic rings. The topological polar surface area (TPSA) is 46.2 Å². The average molecular weight is 539 g/mol. The maximum Gasteiger partial charge on any atom is 0.160 e. The second-order valence-electron chi connectivity index (χ2n) is 10.0. The van der Waals surface area contributed by atoms with E-state index in [0.29, 0.717) is 39.5 Å². The Balaban J connectivity index is 1.28. The van der Waals surface area contributed by atoms with Crippen molar-refractivity contribution in [2.24, 2.45) is 0 Å². The van der Waals surface area contributed by atoms with Crippen molar-refractivity contribution in [3.63, 3.8) is 0 Å². The Morgan fingerprint density at radius 2 is 1.05 bits per heavy atom. The Morgan fingerprint density at radius 1 is 0.550 bits per heavy atom. The van der Waals surface area contributed by atoms with E-state index >= 15 is 0 Å². The third-order valence-electron chi connectivity index (χ3n) is 7.01. The van der Waals surface area contributed by atoms with Crippen LogP contribution in [0.5, 0.6) is 0 Å². The van der Waals surface area contributed by atoms with Gasteiger partial charge >= 0.3 is 0 Å². The lowest BCUT2D eigenvalue weighted by molar-refractivity contribution is -0.278. The molecule has 1 saturated heterocycles. The molecule has 4 aromatic carbocycles. The zero-order chi connectivity index (χ0) is 27.2. The van der Waals surface area contributed by atoms with Crippen molar-refractivity contribution in [3.8, 4) is 0 Å². The molecular formula is C35H38O5. The highest BCUT2D eigenvalue weighted by Crippen LogP contribution is 2.28. The minimum Gasteiger partial charge on any atom is -0.374 e. The van der Waals surface area contributed by atoms with Gasteiger partial charge in [-0.3, -0.25) is 0 Å². The molecule has 0 bridgehead atoms. The summed E-state index contributed by atoms with van der Waals surface area (Å²) in [7, 11) is 0. The van der Waals surface area contributed by atoms with Crippen molar-refractivity contribution in [1.82, 2.24) is 0 Å². The number of hydrogen-bond donors (Lipinski definition) is 0. The van der Waals surface area contributed by atoms with Crippen molar-refractivity contribution in [1.29, 1.82) is 0 Å². The molecule has 0 N–H and O–H groups in total. The highest BCUT2D eigenvalue weighted by atomic mass is 16.7. The molecule has 1 aliphatic rings. The molecule has 0 amide bonds. The van der Waals surface area contributed by atoms with Gasteiger partial charge in [0.25, 0.3) is 0 Å². The summed E-state index contributed by atoms with van der Waals surface area (Å²) in [6.45, 7) is 2.40. The lowest BCUT2D eigenvalue weighted by Crippen LogP contribution is -2.53. The van der Waals surface area contributed by atoms with Gasteiger partial charge in [-0.05, 0) is 28.7 Å². The number of ether oxygens (including phenoxy) is 5. The van der Waals surface area contributed by atoms with Crippen LogP contribution in [0.1, 0.15) is 28.7 Å². The third kappa shape index (κ3) is 8.85. The van der Waals surface area contributed by atoms with Gasteiger partial charge in [-0.2, -0.15) is 0 Å². The van der Waals surface area contributed by atoms with Gasteiger partial charge in [-0.15, -0.1) is 0 Å². The van der Waals surface area contributed by atoms with Crippen LogP contribution in [0.2, 0.25) is 0 Å². The Kier molecular flexibility index (Phi) is 10.9. The number of rotatable bonds is 14. The highest BCUT2D eigenvalue weighted by molar-refractivity contribution is 5.16. The molecule has 1 fully saturated rings. The van der Waals surface area contributed by atoms with Crippen LogP contribution < -0.4 is 0 Å². The minimum absolute atomic E-state index is 0.218. The molecule has 5 nitrogen and oxygen atoms in total. The van der Waals surface area contributed by atoms with E-state index in [-0.39, 0.29) is 18.3 Å². The average Bonchev–Trinajstić information content (AvgIpc) is 3.01. The summed E-state index contributed by atoms with van der Waals surface area (Å²) in [5.41, 5.74) is 4.58. The molecule has 0 saturated carbocycles. The van der Waals surface area contributed by atoms with Crippen LogP contribution in [0, 0.1) is 0 Å². The van der Waals surface area contributed by atoms with Gasteiger partial charge in [0.05, 0.1) is 39.1 Å². The maximum atomic E-state index is 6.52. The first-order valence-corrected chi connectivity index (χ1v) is 14.1. The van der Waals surface area contributed by atoms with Gasteiger partial charge in [0, 0.05) is 6.42 Å². The maximum absolute atomic E-state index is 6.52. The van der Waals surface area contributed by atoms with Gasteiger partial charge in [0.2, 0.25) is 0 Å². The normalized spacial score (nSPS) is 20.8. The molecule has 0 unspecified atom stereocenters. The monoisotopic (exact) mass is 538 g/mol. The zero-order valence-corrected chi connectivity index (χ0v) is 22.8. The van der Waals surface area contributed by atoms with Crippen LogP contribution >= 0.6 is 0 Å². The first-order valence-electron chi connectivity index (χ1n) is 14.1. The van der Waals surface area contributed by atoms with Crippen molar-refractivity contribution >= 4 is 0 Å². The van der Waals surface area contributed by atoms with Gasteiger partial charge in [0.15, 0.2) is 6.29 Å². The van der Waals surface area contributed by atoms with Gasteiger partial charge in [-0.25, -0.2) is 0 Å². The molecule has 1 aliphatic heterocycles. The van der Waals surface area contributed by atoms with Crippen LogP contribution in [0.4, 0.5) is 0 Å². The first-order chi connectivity index (χ1) is 19.8. The fourth-order valence-corrected chi connectivity index (χ4v) is 4.87. The fourth-order valence-electron chi connectivity index (χ4n) is 4.87. The van der Waals surface area contributed by atoms with Crippen LogP contribution in [0.15, 0.2) is 121 Å². The molecule has 0 radical (unpaired) electrons. The van der Waals surface area contributed by atoms with Crippen molar-refractivity contribution in [2.75, 3.05) is 13.2 Å². The quantitative estimate of drug-likeness (QED) is 0.178. The van der Waals surface area contributed by atoms with E-state index < -0.39 is 6.29 Å². The van der Waals surface area contributed by atoms with Crippen LogP contribution in [0.25, 0.3) is 0 Å². The zero-order valence-electron chi connectivity index (χ0n) is 22.8. The fraction of sp³-hybridized carbons (Fsp3) is 0.314. The number of hydrogen-bond acceptors (Lipinski definition) is 5. The van der Waals surface area contributed by atoms with Crippen molar-refractivity contribution in [3.05, 3.63) is 144 Å². The molecule has 208 valence electrons. The van der Waals surface area contributed by atoms with Crippen LogP contribution in [-0.4, -0.2) is 37.8 Å². The standard InChI is InChI=1S/C35H38O5/c1-5-13-28(14-6-1)21-22-37-34-23-32(38-25-30-17-9-3-10-18-30)35(39-26-31-19-11-4-12-20-31)33(40-34)27-36-24-29-15-7-2-8-16-29/h1-20,32-35H,21-27H2/t32-,33-,34+,35-/m1/s1. The summed E-state index contributed by atoms with van der Waals surface area (Å²) < 4.78 is 32.0. The van der Waals surface area contributed by atoms with E-state index in [1.807, 2.05) is 60.7 Å². The van der Waals surface area contributed by atoms with E-state index in [9.17, 15) is 0 Å².